The minimum atomic E-state index is 0.145. The van der Waals surface area contributed by atoms with Gasteiger partial charge in [-0.1, -0.05) is 37.3 Å². The van der Waals surface area contributed by atoms with Gasteiger partial charge in [-0.25, -0.2) is 0 Å². The number of hydrogen-bond donors (Lipinski definition) is 1. The Kier molecular flexibility index (Phi) is 7.18. The highest BCUT2D eigenvalue weighted by atomic mass is 16.5. The van der Waals surface area contributed by atoms with Crippen molar-refractivity contribution in [2.45, 2.75) is 71.2 Å². The first kappa shape index (κ1) is 21.1. The lowest BCUT2D eigenvalue weighted by Gasteiger charge is -2.32. The minimum Gasteiger partial charge on any atom is -0.376 e. The molecule has 1 aromatic heterocycles. The molecule has 1 aromatic carbocycles. The van der Waals surface area contributed by atoms with Crippen LogP contribution in [0.1, 0.15) is 55.1 Å². The first-order chi connectivity index (χ1) is 14.7. The Morgan fingerprint density at radius 1 is 1.23 bits per heavy atom. The van der Waals surface area contributed by atoms with Crippen LogP contribution in [0.15, 0.2) is 30.3 Å². The van der Waals surface area contributed by atoms with Gasteiger partial charge in [0, 0.05) is 62.7 Å². The van der Waals surface area contributed by atoms with Crippen LogP contribution >= 0.6 is 0 Å². The highest BCUT2D eigenvalue weighted by molar-refractivity contribution is 5.76. The van der Waals surface area contributed by atoms with E-state index in [0.717, 1.165) is 64.2 Å². The summed E-state index contributed by atoms with van der Waals surface area (Å²) in [6.07, 6.45) is 5.23. The van der Waals surface area contributed by atoms with E-state index >= 15 is 0 Å². The van der Waals surface area contributed by atoms with Crippen LogP contribution in [0.4, 0.5) is 0 Å². The third-order valence-electron chi connectivity index (χ3n) is 6.21. The van der Waals surface area contributed by atoms with Crippen LogP contribution in [0.3, 0.4) is 0 Å². The van der Waals surface area contributed by atoms with Gasteiger partial charge >= 0.3 is 0 Å². The fourth-order valence-electron chi connectivity index (χ4n) is 4.58. The van der Waals surface area contributed by atoms with Crippen molar-refractivity contribution in [2.75, 3.05) is 19.7 Å². The van der Waals surface area contributed by atoms with Crippen molar-refractivity contribution in [3.8, 4) is 0 Å². The second-order valence-electron chi connectivity index (χ2n) is 8.50. The first-order valence-corrected chi connectivity index (χ1v) is 11.4. The number of likely N-dealkylation sites (tertiary alicyclic amines) is 1. The van der Waals surface area contributed by atoms with Crippen LogP contribution < -0.4 is 5.32 Å². The second-order valence-corrected chi connectivity index (χ2v) is 8.50. The minimum absolute atomic E-state index is 0.145. The summed E-state index contributed by atoms with van der Waals surface area (Å²) in [5, 5.41) is 8.05. The molecule has 4 rings (SSSR count). The molecule has 0 bridgehead atoms. The molecule has 1 fully saturated rings. The molecule has 0 aliphatic carbocycles. The van der Waals surface area contributed by atoms with Gasteiger partial charge in [0.15, 0.2) is 0 Å². The highest BCUT2D eigenvalue weighted by Crippen LogP contribution is 2.22. The van der Waals surface area contributed by atoms with Crippen LogP contribution in [-0.4, -0.2) is 46.3 Å². The van der Waals surface area contributed by atoms with Gasteiger partial charge in [0.1, 0.15) is 0 Å². The fourth-order valence-corrected chi connectivity index (χ4v) is 4.58. The molecule has 0 radical (unpaired) electrons. The number of carbonyl (C=O) groups excluding carboxylic acids is 1. The maximum Gasteiger partial charge on any atom is 0.220 e. The lowest BCUT2D eigenvalue weighted by atomic mass is 10.0. The topological polar surface area (TPSA) is 59.4 Å². The number of rotatable bonds is 8. The molecule has 1 saturated heterocycles. The molecule has 1 amide bonds. The number of fused-ring (bicyclic) bond motifs is 1. The number of nitrogens with zero attached hydrogens (tertiary/aromatic N) is 3. The molecule has 6 heteroatoms. The maximum absolute atomic E-state index is 12.6. The van der Waals surface area contributed by atoms with E-state index in [1.54, 1.807) is 0 Å². The number of amides is 1. The van der Waals surface area contributed by atoms with Gasteiger partial charge < -0.3 is 10.1 Å². The summed E-state index contributed by atoms with van der Waals surface area (Å²) in [6.45, 7) is 7.58. The molecule has 0 unspecified atom stereocenters. The molecule has 1 N–H and O–H groups in total. The van der Waals surface area contributed by atoms with Gasteiger partial charge in [-0.15, -0.1) is 0 Å². The molecule has 0 saturated carbocycles. The third-order valence-corrected chi connectivity index (χ3v) is 6.21. The summed E-state index contributed by atoms with van der Waals surface area (Å²) < 4.78 is 7.78. The smallest absolute Gasteiger partial charge is 0.220 e. The van der Waals surface area contributed by atoms with Crippen molar-refractivity contribution in [3.63, 3.8) is 0 Å². The Labute approximate surface area is 179 Å². The monoisotopic (exact) mass is 410 g/mol. The summed E-state index contributed by atoms with van der Waals surface area (Å²) in [4.78, 5) is 15.0. The predicted octanol–water partition coefficient (Wildman–Crippen LogP) is 3.08. The van der Waals surface area contributed by atoms with E-state index in [-0.39, 0.29) is 5.91 Å². The molecule has 162 valence electrons. The van der Waals surface area contributed by atoms with Crippen molar-refractivity contribution in [2.24, 2.45) is 0 Å². The van der Waals surface area contributed by atoms with E-state index in [0.29, 0.717) is 25.5 Å². The summed E-state index contributed by atoms with van der Waals surface area (Å²) in [6, 6.07) is 10.9. The zero-order valence-electron chi connectivity index (χ0n) is 18.1. The Morgan fingerprint density at radius 3 is 2.80 bits per heavy atom. The van der Waals surface area contributed by atoms with E-state index in [9.17, 15) is 4.79 Å². The highest BCUT2D eigenvalue weighted by Gasteiger charge is 2.23. The van der Waals surface area contributed by atoms with Crippen LogP contribution in [0.5, 0.6) is 0 Å². The largest absolute Gasteiger partial charge is 0.376 e. The van der Waals surface area contributed by atoms with Crippen molar-refractivity contribution in [1.29, 1.82) is 0 Å². The van der Waals surface area contributed by atoms with Crippen LogP contribution in [0.25, 0.3) is 0 Å². The van der Waals surface area contributed by atoms with Gasteiger partial charge in [-0.05, 0) is 24.8 Å². The van der Waals surface area contributed by atoms with Gasteiger partial charge in [0.2, 0.25) is 5.91 Å². The number of aryl methyl sites for hydroxylation is 2. The number of carbonyl (C=O) groups is 1. The van der Waals surface area contributed by atoms with Crippen molar-refractivity contribution in [3.05, 3.63) is 52.8 Å². The van der Waals surface area contributed by atoms with E-state index in [2.05, 4.69) is 52.2 Å². The maximum atomic E-state index is 12.6. The van der Waals surface area contributed by atoms with Crippen LogP contribution in [-0.2, 0) is 42.1 Å². The molecular formula is C24H34N4O2. The van der Waals surface area contributed by atoms with Crippen molar-refractivity contribution >= 4 is 5.91 Å². The zero-order valence-corrected chi connectivity index (χ0v) is 18.1. The molecule has 6 nitrogen and oxygen atoms in total. The molecule has 30 heavy (non-hydrogen) atoms. The molecule has 0 spiro atoms. The SMILES string of the molecule is CCCn1nc(CCC(=O)NC2CCN(Cc3ccccc3)CC2)c2c1CCOC2. The Morgan fingerprint density at radius 2 is 2.03 bits per heavy atom. The molecular weight excluding hydrogens is 376 g/mol. The standard InChI is InChI=1S/C24H34N4O2/c1-2-13-28-23-12-16-30-18-21(23)22(26-28)8-9-24(29)25-20-10-14-27(15-11-20)17-19-6-4-3-5-7-19/h3-7,20H,2,8-18H2,1H3,(H,25,29). The summed E-state index contributed by atoms with van der Waals surface area (Å²) in [5.74, 6) is 0.145. The second kappa shape index (κ2) is 10.2. The van der Waals surface area contributed by atoms with Crippen molar-refractivity contribution in [1.82, 2.24) is 20.0 Å². The number of hydrogen-bond acceptors (Lipinski definition) is 4. The zero-order chi connectivity index (χ0) is 20.8. The average Bonchev–Trinajstić information content (AvgIpc) is 3.12. The normalized spacial score (nSPS) is 17.6. The lowest BCUT2D eigenvalue weighted by molar-refractivity contribution is -0.122. The van der Waals surface area contributed by atoms with Gasteiger partial charge in [-0.3, -0.25) is 14.4 Å². The first-order valence-electron chi connectivity index (χ1n) is 11.4. The summed E-state index contributed by atoms with van der Waals surface area (Å²) >= 11 is 0. The molecule has 3 heterocycles. The van der Waals surface area contributed by atoms with E-state index < -0.39 is 0 Å². The molecule has 2 aliphatic heterocycles. The quantitative estimate of drug-likeness (QED) is 0.727. The Hall–Kier alpha value is -2.18. The number of nitrogens with one attached hydrogen (secondary N) is 1. The Balaban J connectivity index is 1.23. The number of ether oxygens (including phenoxy) is 1. The molecule has 0 atom stereocenters. The number of piperidine rings is 1. The number of benzene rings is 1. The summed E-state index contributed by atoms with van der Waals surface area (Å²) in [5.41, 5.74) is 4.93. The Bertz CT molecular complexity index is 825. The van der Waals surface area contributed by atoms with Crippen molar-refractivity contribution < 1.29 is 9.53 Å². The number of aromatic nitrogens is 2. The van der Waals surface area contributed by atoms with E-state index in [1.165, 1.54) is 16.8 Å². The molecule has 2 aliphatic rings. The van der Waals surface area contributed by atoms with Gasteiger partial charge in [-0.2, -0.15) is 5.10 Å². The van der Waals surface area contributed by atoms with E-state index in [4.69, 9.17) is 9.84 Å². The van der Waals surface area contributed by atoms with Gasteiger partial charge in [0.05, 0.1) is 18.9 Å². The predicted molar refractivity (Wildman–Crippen MR) is 117 cm³/mol. The van der Waals surface area contributed by atoms with Crippen LogP contribution in [0.2, 0.25) is 0 Å². The lowest BCUT2D eigenvalue weighted by Crippen LogP contribution is -2.44. The van der Waals surface area contributed by atoms with Gasteiger partial charge in [0.25, 0.3) is 0 Å². The van der Waals surface area contributed by atoms with Crippen LogP contribution in [0, 0.1) is 0 Å². The fraction of sp³-hybridized carbons (Fsp3) is 0.583. The average molecular weight is 411 g/mol. The molecule has 2 aromatic rings. The summed E-state index contributed by atoms with van der Waals surface area (Å²) in [7, 11) is 0. The third kappa shape index (κ3) is 5.29. The van der Waals surface area contributed by atoms with E-state index in [1.807, 2.05) is 0 Å².